The molecule has 0 aromatic carbocycles. The zero-order valence-corrected chi connectivity index (χ0v) is 17.7. The molecule has 6 nitrogen and oxygen atoms in total. The molecule has 0 aromatic rings. The van der Waals surface area contributed by atoms with E-state index >= 15 is 0 Å². The zero-order valence-electron chi connectivity index (χ0n) is 15.9. The predicted octanol–water partition coefficient (Wildman–Crippen LogP) is 5.63. The van der Waals surface area contributed by atoms with Crippen LogP contribution in [0.25, 0.3) is 0 Å². The van der Waals surface area contributed by atoms with E-state index in [0.717, 1.165) is 51.4 Å². The summed E-state index contributed by atoms with van der Waals surface area (Å²) in [4.78, 5) is 18.3. The lowest BCUT2D eigenvalue weighted by Gasteiger charge is -2.10. The zero-order chi connectivity index (χ0) is 18.7. The van der Waals surface area contributed by atoms with Crippen molar-refractivity contribution < 1.29 is 27.9 Å². The van der Waals surface area contributed by atoms with Gasteiger partial charge >= 0.3 is 16.2 Å². The molecule has 0 radical (unpaired) electrons. The molecule has 0 aromatic heterocycles. The van der Waals surface area contributed by atoms with Gasteiger partial charge in [-0.15, -0.1) is 0 Å². The largest absolute Gasteiger partial charge is 0.329 e. The van der Waals surface area contributed by atoms with Gasteiger partial charge in [0.15, 0.2) is 0 Å². The molecule has 0 fully saturated rings. The predicted molar refractivity (Wildman–Crippen MR) is 101 cm³/mol. The van der Waals surface area contributed by atoms with E-state index in [2.05, 4.69) is 13.8 Å². The Balaban J connectivity index is 0. The van der Waals surface area contributed by atoms with E-state index in [1.807, 2.05) is 13.8 Å². The molecule has 0 aliphatic carbocycles. The third kappa shape index (κ3) is 22.5. The van der Waals surface area contributed by atoms with Crippen molar-refractivity contribution in [1.82, 2.24) is 0 Å². The second-order valence-electron chi connectivity index (χ2n) is 5.51. The fourth-order valence-corrected chi connectivity index (χ4v) is 3.29. The first-order chi connectivity index (χ1) is 11.4. The quantitative estimate of drug-likeness (QED) is 0.279. The smallest absolute Gasteiger partial charge is 0.328 e. The number of hydrogen-bond donors (Lipinski definition) is 2. The molecule has 0 bridgehead atoms. The highest BCUT2D eigenvalue weighted by atomic mass is 31.2. The minimum Gasteiger partial charge on any atom is -0.328 e. The molecule has 24 heavy (non-hydrogen) atoms. The Labute approximate surface area is 149 Å². The van der Waals surface area contributed by atoms with Gasteiger partial charge < -0.3 is 23.4 Å². The third-order valence-corrected chi connectivity index (χ3v) is 5.26. The fourth-order valence-electron chi connectivity index (χ4n) is 1.39. The standard InChI is InChI=1S/2C8H19O3P/c1-3-5-7-11-12(9,10)8-6-4-2;1-3-5-7-10-12(9)11-8-6-4-2/h3-8H2,1-2H3,(H,9,10);9H,3-8H2,1-2H3. The van der Waals surface area contributed by atoms with Gasteiger partial charge in [-0.25, -0.2) is 0 Å². The van der Waals surface area contributed by atoms with Gasteiger partial charge in [-0.1, -0.05) is 53.4 Å². The van der Waals surface area contributed by atoms with Crippen molar-refractivity contribution >= 4 is 16.2 Å². The van der Waals surface area contributed by atoms with E-state index in [0.29, 0.717) is 26.0 Å². The van der Waals surface area contributed by atoms with Crippen LogP contribution < -0.4 is 0 Å². The van der Waals surface area contributed by atoms with Crippen LogP contribution in [0.15, 0.2) is 0 Å². The van der Waals surface area contributed by atoms with Crippen LogP contribution in [0.5, 0.6) is 0 Å². The van der Waals surface area contributed by atoms with E-state index < -0.39 is 16.2 Å². The molecule has 148 valence electrons. The second-order valence-corrected chi connectivity index (χ2v) is 8.49. The maximum atomic E-state index is 11.2. The average Bonchev–Trinajstić information content (AvgIpc) is 2.54. The Morgan fingerprint density at radius 2 is 1.21 bits per heavy atom. The Hall–Kier alpha value is 0.460. The molecule has 0 aliphatic heterocycles. The topological polar surface area (TPSA) is 85.2 Å². The minimum atomic E-state index is -3.24. The van der Waals surface area contributed by atoms with Gasteiger partial charge in [0.25, 0.3) is 0 Å². The van der Waals surface area contributed by atoms with Crippen molar-refractivity contribution in [2.45, 2.75) is 79.1 Å². The third-order valence-electron chi connectivity index (χ3n) is 2.98. The van der Waals surface area contributed by atoms with Crippen LogP contribution >= 0.6 is 16.2 Å². The van der Waals surface area contributed by atoms with E-state index in [-0.39, 0.29) is 0 Å². The fraction of sp³-hybridized carbons (Fsp3) is 1.00. The summed E-state index contributed by atoms with van der Waals surface area (Å²) in [7, 11) is -4.84. The van der Waals surface area contributed by atoms with Gasteiger partial charge in [-0.3, -0.25) is 4.57 Å². The number of rotatable bonds is 15. The van der Waals surface area contributed by atoms with E-state index in [1.165, 1.54) is 0 Å². The first-order valence-corrected chi connectivity index (χ1v) is 12.0. The van der Waals surface area contributed by atoms with Crippen molar-refractivity contribution in [2.75, 3.05) is 26.0 Å². The molecule has 0 spiro atoms. The molecule has 0 aliphatic rings. The number of unbranched alkanes of at least 4 members (excludes halogenated alkanes) is 4. The normalized spacial score (nSPS) is 13.5. The van der Waals surface area contributed by atoms with Gasteiger partial charge in [-0.2, -0.15) is 0 Å². The molecule has 1 atom stereocenters. The lowest BCUT2D eigenvalue weighted by Crippen LogP contribution is -1.96. The lowest BCUT2D eigenvalue weighted by atomic mass is 10.4. The van der Waals surface area contributed by atoms with Crippen LogP contribution in [0.3, 0.4) is 0 Å². The van der Waals surface area contributed by atoms with E-state index in [4.69, 9.17) is 18.5 Å². The Kier molecular flexibility index (Phi) is 22.0. The van der Waals surface area contributed by atoms with Crippen LogP contribution in [-0.2, 0) is 18.1 Å². The van der Waals surface area contributed by atoms with Crippen LogP contribution in [0.4, 0.5) is 0 Å². The van der Waals surface area contributed by atoms with Crippen molar-refractivity contribution in [3.05, 3.63) is 0 Å². The molecule has 2 N–H and O–H groups in total. The van der Waals surface area contributed by atoms with Crippen LogP contribution in [0.2, 0.25) is 0 Å². The summed E-state index contributed by atoms with van der Waals surface area (Å²) < 4.78 is 26.1. The first-order valence-electron chi connectivity index (χ1n) is 9.14. The van der Waals surface area contributed by atoms with Gasteiger partial charge in [-0.05, 0) is 25.7 Å². The van der Waals surface area contributed by atoms with Crippen molar-refractivity contribution in [1.29, 1.82) is 0 Å². The Morgan fingerprint density at radius 1 is 0.792 bits per heavy atom. The molecule has 0 saturated heterocycles. The highest BCUT2D eigenvalue weighted by molar-refractivity contribution is 7.52. The molecule has 0 heterocycles. The maximum Gasteiger partial charge on any atom is 0.329 e. The van der Waals surface area contributed by atoms with Crippen molar-refractivity contribution in [2.24, 2.45) is 0 Å². The molecular weight excluding hydrogens is 350 g/mol. The Morgan fingerprint density at radius 3 is 1.62 bits per heavy atom. The van der Waals surface area contributed by atoms with Crippen molar-refractivity contribution in [3.8, 4) is 0 Å². The van der Waals surface area contributed by atoms with Crippen LogP contribution in [0.1, 0.15) is 79.1 Å². The van der Waals surface area contributed by atoms with Crippen LogP contribution in [0, 0.1) is 0 Å². The van der Waals surface area contributed by atoms with Gasteiger partial charge in [0.2, 0.25) is 0 Å². The summed E-state index contributed by atoms with van der Waals surface area (Å²) in [5, 5.41) is 0. The highest BCUT2D eigenvalue weighted by Crippen LogP contribution is 2.42. The molecule has 0 amide bonds. The maximum absolute atomic E-state index is 11.2. The van der Waals surface area contributed by atoms with Crippen molar-refractivity contribution in [3.63, 3.8) is 0 Å². The Bertz CT molecular complexity index is 282. The summed E-state index contributed by atoms with van der Waals surface area (Å²) in [5.74, 6) is 0. The summed E-state index contributed by atoms with van der Waals surface area (Å²) in [6.07, 6.45) is 7.97. The highest BCUT2D eigenvalue weighted by Gasteiger charge is 2.17. The monoisotopic (exact) mass is 388 g/mol. The SMILES string of the molecule is CCCCOP(=O)(O)CCCC.CCCCOP(O)OCCCC. The summed E-state index contributed by atoms with van der Waals surface area (Å²) >= 11 is 0. The molecular formula is C16H38O6P2. The average molecular weight is 388 g/mol. The second kappa shape index (κ2) is 19.8. The lowest BCUT2D eigenvalue weighted by molar-refractivity contribution is 0.196. The summed E-state index contributed by atoms with van der Waals surface area (Å²) in [6, 6.07) is 0. The summed E-state index contributed by atoms with van der Waals surface area (Å²) in [6.45, 7) is 9.80. The molecule has 0 saturated carbocycles. The van der Waals surface area contributed by atoms with E-state index in [9.17, 15) is 9.46 Å². The van der Waals surface area contributed by atoms with E-state index in [1.54, 1.807) is 0 Å². The first kappa shape index (κ1) is 26.7. The molecule has 1 unspecified atom stereocenters. The molecule has 8 heteroatoms. The summed E-state index contributed by atoms with van der Waals surface area (Å²) in [5.41, 5.74) is 0. The van der Waals surface area contributed by atoms with Crippen LogP contribution in [-0.4, -0.2) is 35.8 Å². The number of hydrogen-bond acceptors (Lipinski definition) is 5. The van der Waals surface area contributed by atoms with Gasteiger partial charge in [0.1, 0.15) is 0 Å². The minimum absolute atomic E-state index is 0.299. The van der Waals surface area contributed by atoms with Gasteiger partial charge in [0, 0.05) is 6.16 Å². The molecule has 0 rings (SSSR count). The van der Waals surface area contributed by atoms with Gasteiger partial charge in [0.05, 0.1) is 19.8 Å².